The molecular weight excluding hydrogens is 360 g/mol. The maximum atomic E-state index is 11.7. The van der Waals surface area contributed by atoms with Crippen molar-refractivity contribution in [1.29, 1.82) is 0 Å². The number of hydrogen-bond acceptors (Lipinski definition) is 6. The van der Waals surface area contributed by atoms with Gasteiger partial charge in [0, 0.05) is 17.5 Å². The predicted molar refractivity (Wildman–Crippen MR) is 106 cm³/mol. The average molecular weight is 386 g/mol. The molecule has 0 saturated heterocycles. The van der Waals surface area contributed by atoms with E-state index in [1.165, 1.54) is 14.0 Å². The average Bonchev–Trinajstić information content (AvgIpc) is 2.67. The van der Waals surface area contributed by atoms with Crippen LogP contribution < -0.4 is 18.9 Å². The van der Waals surface area contributed by atoms with Crippen LogP contribution in [0.3, 0.4) is 0 Å². The largest absolute Gasteiger partial charge is 0.493 e. The number of ketones is 1. The van der Waals surface area contributed by atoms with Gasteiger partial charge in [0.2, 0.25) is 0 Å². The summed E-state index contributed by atoms with van der Waals surface area (Å²) in [5, 5.41) is 0. The summed E-state index contributed by atoms with van der Waals surface area (Å²) in [6, 6.07) is 6.96. The molecule has 150 valence electrons. The molecular formula is C22H26O6. The first kappa shape index (κ1) is 21.3. The highest BCUT2D eigenvalue weighted by molar-refractivity contribution is 5.96. The molecule has 28 heavy (non-hydrogen) atoms. The molecule has 0 fully saturated rings. The Labute approximate surface area is 165 Å². The molecule has 2 aromatic carbocycles. The zero-order chi connectivity index (χ0) is 20.7. The minimum Gasteiger partial charge on any atom is -0.493 e. The van der Waals surface area contributed by atoms with E-state index in [1.807, 2.05) is 13.8 Å². The van der Waals surface area contributed by atoms with Crippen LogP contribution in [0, 0.1) is 13.8 Å². The summed E-state index contributed by atoms with van der Waals surface area (Å²) >= 11 is 0. The second-order valence-electron chi connectivity index (χ2n) is 6.40. The van der Waals surface area contributed by atoms with Crippen LogP contribution in [0.15, 0.2) is 24.3 Å². The Morgan fingerprint density at radius 1 is 0.857 bits per heavy atom. The van der Waals surface area contributed by atoms with E-state index in [0.29, 0.717) is 53.8 Å². The monoisotopic (exact) mass is 386 g/mol. The number of benzene rings is 2. The maximum Gasteiger partial charge on any atom is 0.161 e. The Balaban J connectivity index is 1.95. The molecule has 0 aliphatic carbocycles. The fraction of sp³-hybridized carbons (Fsp3) is 0.364. The van der Waals surface area contributed by atoms with Crippen LogP contribution in [0.4, 0.5) is 0 Å². The van der Waals surface area contributed by atoms with Gasteiger partial charge in [-0.25, -0.2) is 0 Å². The van der Waals surface area contributed by atoms with E-state index in [9.17, 15) is 9.59 Å². The first-order valence-corrected chi connectivity index (χ1v) is 9.00. The highest BCUT2D eigenvalue weighted by atomic mass is 16.5. The maximum absolute atomic E-state index is 11.7. The van der Waals surface area contributed by atoms with Crippen molar-refractivity contribution in [3.05, 3.63) is 46.5 Å². The molecule has 0 aromatic heterocycles. The molecule has 2 rings (SSSR count). The summed E-state index contributed by atoms with van der Waals surface area (Å²) in [7, 11) is 3.08. The molecule has 0 spiro atoms. The number of Topliss-reactive ketones (excluding diaryl/α,β-unsaturated/α-hetero) is 1. The Morgan fingerprint density at radius 3 is 1.89 bits per heavy atom. The summed E-state index contributed by atoms with van der Waals surface area (Å²) in [4.78, 5) is 22.7. The van der Waals surface area contributed by atoms with Crippen molar-refractivity contribution in [2.24, 2.45) is 0 Å². The van der Waals surface area contributed by atoms with E-state index >= 15 is 0 Å². The van der Waals surface area contributed by atoms with Crippen molar-refractivity contribution < 1.29 is 28.5 Å². The van der Waals surface area contributed by atoms with Crippen molar-refractivity contribution >= 4 is 12.1 Å². The van der Waals surface area contributed by atoms with Crippen LogP contribution in [0.5, 0.6) is 23.0 Å². The highest BCUT2D eigenvalue weighted by Crippen LogP contribution is 2.32. The predicted octanol–water partition coefficient (Wildman–Crippen LogP) is 4.18. The van der Waals surface area contributed by atoms with E-state index < -0.39 is 0 Å². The number of methoxy groups -OCH3 is 2. The molecule has 0 saturated carbocycles. The SMILES string of the molecule is COc1cc(C=O)c(C)cc1OCCCOc1cc(C)c(C(C)=O)cc1OC. The fourth-order valence-electron chi connectivity index (χ4n) is 2.81. The van der Waals surface area contributed by atoms with E-state index in [2.05, 4.69) is 0 Å². The van der Waals surface area contributed by atoms with E-state index in [0.717, 1.165) is 17.4 Å². The van der Waals surface area contributed by atoms with Crippen LogP contribution in [-0.4, -0.2) is 39.5 Å². The third-order valence-electron chi connectivity index (χ3n) is 4.37. The number of ether oxygens (including phenoxy) is 4. The second-order valence-corrected chi connectivity index (χ2v) is 6.40. The first-order valence-electron chi connectivity index (χ1n) is 9.00. The number of aryl methyl sites for hydroxylation is 2. The van der Waals surface area contributed by atoms with Gasteiger partial charge in [0.15, 0.2) is 28.8 Å². The molecule has 6 heteroatoms. The van der Waals surface area contributed by atoms with E-state index in [1.54, 1.807) is 31.4 Å². The van der Waals surface area contributed by atoms with E-state index in [4.69, 9.17) is 18.9 Å². The molecule has 0 aliphatic heterocycles. The standard InChI is InChI=1S/C22H26O6/c1-14-9-21(19(25-4)11-17(14)13-23)27-7-6-8-28-22-10-15(2)18(16(3)24)12-20(22)26-5/h9-13H,6-8H2,1-5H3. The molecule has 0 radical (unpaired) electrons. The summed E-state index contributed by atoms with van der Waals surface area (Å²) in [5.74, 6) is 2.21. The third kappa shape index (κ3) is 5.03. The number of hydrogen-bond donors (Lipinski definition) is 0. The molecule has 6 nitrogen and oxygen atoms in total. The van der Waals surface area contributed by atoms with Gasteiger partial charge < -0.3 is 18.9 Å². The molecule has 0 N–H and O–H groups in total. The van der Waals surface area contributed by atoms with Gasteiger partial charge in [-0.05, 0) is 56.2 Å². The van der Waals surface area contributed by atoms with Gasteiger partial charge in [0.1, 0.15) is 6.29 Å². The van der Waals surface area contributed by atoms with Crippen LogP contribution in [0.25, 0.3) is 0 Å². The van der Waals surface area contributed by atoms with Gasteiger partial charge in [-0.1, -0.05) is 0 Å². The summed E-state index contributed by atoms with van der Waals surface area (Å²) in [6.45, 7) is 6.07. The molecule has 0 heterocycles. The lowest BCUT2D eigenvalue weighted by Gasteiger charge is -2.15. The lowest BCUT2D eigenvalue weighted by atomic mass is 10.0. The summed E-state index contributed by atoms with van der Waals surface area (Å²) in [5.41, 5.74) is 2.86. The number of carbonyl (C=O) groups is 2. The third-order valence-corrected chi connectivity index (χ3v) is 4.37. The molecule has 0 atom stereocenters. The Hall–Kier alpha value is -3.02. The minimum absolute atomic E-state index is 0.0133. The number of carbonyl (C=O) groups excluding carboxylic acids is 2. The number of rotatable bonds is 10. The van der Waals surface area contributed by atoms with Crippen LogP contribution in [0.2, 0.25) is 0 Å². The minimum atomic E-state index is -0.0133. The smallest absolute Gasteiger partial charge is 0.161 e. The Kier molecular flexibility index (Phi) is 7.44. The van der Waals surface area contributed by atoms with Crippen molar-refractivity contribution in [2.45, 2.75) is 27.2 Å². The Bertz CT molecular complexity index is 857. The van der Waals surface area contributed by atoms with Crippen molar-refractivity contribution in [3.8, 4) is 23.0 Å². The molecule has 0 unspecified atom stereocenters. The molecule has 0 aliphatic rings. The van der Waals surface area contributed by atoms with Gasteiger partial charge in [0.25, 0.3) is 0 Å². The molecule has 0 bridgehead atoms. The summed E-state index contributed by atoms with van der Waals surface area (Å²) in [6.07, 6.45) is 1.43. The van der Waals surface area contributed by atoms with Crippen molar-refractivity contribution in [2.75, 3.05) is 27.4 Å². The lowest BCUT2D eigenvalue weighted by molar-refractivity contribution is 0.101. The normalized spacial score (nSPS) is 10.3. The lowest BCUT2D eigenvalue weighted by Crippen LogP contribution is -2.07. The van der Waals surface area contributed by atoms with Gasteiger partial charge >= 0.3 is 0 Å². The van der Waals surface area contributed by atoms with Gasteiger partial charge in [-0.3, -0.25) is 9.59 Å². The second kappa shape index (κ2) is 9.78. The summed E-state index contributed by atoms with van der Waals surface area (Å²) < 4.78 is 22.2. The van der Waals surface area contributed by atoms with Crippen molar-refractivity contribution in [3.63, 3.8) is 0 Å². The molecule has 0 amide bonds. The first-order chi connectivity index (χ1) is 13.4. The zero-order valence-electron chi connectivity index (χ0n) is 17.0. The fourth-order valence-corrected chi connectivity index (χ4v) is 2.81. The van der Waals surface area contributed by atoms with Crippen LogP contribution in [0.1, 0.15) is 45.2 Å². The Morgan fingerprint density at radius 2 is 1.39 bits per heavy atom. The molecule has 2 aromatic rings. The van der Waals surface area contributed by atoms with Gasteiger partial charge in [-0.15, -0.1) is 0 Å². The van der Waals surface area contributed by atoms with Crippen LogP contribution >= 0.6 is 0 Å². The van der Waals surface area contributed by atoms with Gasteiger partial charge in [-0.2, -0.15) is 0 Å². The quantitative estimate of drug-likeness (QED) is 0.346. The van der Waals surface area contributed by atoms with E-state index in [-0.39, 0.29) is 5.78 Å². The zero-order valence-corrected chi connectivity index (χ0v) is 17.0. The number of aldehydes is 1. The van der Waals surface area contributed by atoms with Crippen LogP contribution in [-0.2, 0) is 0 Å². The van der Waals surface area contributed by atoms with Crippen molar-refractivity contribution in [1.82, 2.24) is 0 Å². The topological polar surface area (TPSA) is 71.1 Å². The highest BCUT2D eigenvalue weighted by Gasteiger charge is 2.13. The van der Waals surface area contributed by atoms with Gasteiger partial charge in [0.05, 0.1) is 27.4 Å².